The van der Waals surface area contributed by atoms with Crippen molar-refractivity contribution in [2.45, 2.75) is 13.3 Å². The van der Waals surface area contributed by atoms with Crippen molar-refractivity contribution in [2.24, 2.45) is 5.73 Å². The molecule has 2 heteroatoms. The number of halogens is 1. The van der Waals surface area contributed by atoms with Gasteiger partial charge in [0.1, 0.15) is 0 Å². The van der Waals surface area contributed by atoms with Crippen LogP contribution < -0.4 is 5.73 Å². The van der Waals surface area contributed by atoms with Crippen LogP contribution in [0, 0.1) is 6.92 Å². The summed E-state index contributed by atoms with van der Waals surface area (Å²) < 4.78 is 1.11. The van der Waals surface area contributed by atoms with Gasteiger partial charge in [0.25, 0.3) is 0 Å². The summed E-state index contributed by atoms with van der Waals surface area (Å²) >= 11 is 3.46. The number of hydrogen-bond donors (Lipinski definition) is 1. The van der Waals surface area contributed by atoms with Gasteiger partial charge in [-0.15, -0.1) is 0 Å². The monoisotopic (exact) mass is 289 g/mol. The van der Waals surface area contributed by atoms with Gasteiger partial charge < -0.3 is 5.73 Å². The van der Waals surface area contributed by atoms with Gasteiger partial charge in [0, 0.05) is 4.47 Å². The van der Waals surface area contributed by atoms with E-state index < -0.39 is 0 Å². The normalized spacial score (nSPS) is 10.5. The highest BCUT2D eigenvalue weighted by Gasteiger charge is 2.03. The van der Waals surface area contributed by atoms with Crippen LogP contribution in [0.1, 0.15) is 11.1 Å². The van der Waals surface area contributed by atoms with E-state index in [4.69, 9.17) is 5.73 Å². The molecule has 17 heavy (non-hydrogen) atoms. The molecule has 0 unspecified atom stereocenters. The molecule has 0 saturated carbocycles. The van der Waals surface area contributed by atoms with E-state index in [1.54, 1.807) is 0 Å². The van der Waals surface area contributed by atoms with Crippen molar-refractivity contribution in [3.05, 3.63) is 58.1 Å². The van der Waals surface area contributed by atoms with Gasteiger partial charge >= 0.3 is 0 Å². The van der Waals surface area contributed by atoms with Crippen LogP contribution in [-0.4, -0.2) is 6.54 Å². The van der Waals surface area contributed by atoms with Crippen LogP contribution >= 0.6 is 15.9 Å². The largest absolute Gasteiger partial charge is 0.330 e. The van der Waals surface area contributed by atoms with Gasteiger partial charge in [-0.25, -0.2) is 0 Å². The summed E-state index contributed by atoms with van der Waals surface area (Å²) in [6.07, 6.45) is 0.934. The summed E-state index contributed by atoms with van der Waals surface area (Å²) in [4.78, 5) is 0. The van der Waals surface area contributed by atoms with Gasteiger partial charge in [0.2, 0.25) is 0 Å². The lowest BCUT2D eigenvalue weighted by Gasteiger charge is -2.09. The van der Waals surface area contributed by atoms with Crippen LogP contribution in [-0.2, 0) is 6.42 Å². The summed E-state index contributed by atoms with van der Waals surface area (Å²) in [7, 11) is 0. The van der Waals surface area contributed by atoms with E-state index in [0.29, 0.717) is 6.54 Å². The van der Waals surface area contributed by atoms with Gasteiger partial charge in [-0.05, 0) is 54.3 Å². The molecule has 0 aliphatic rings. The van der Waals surface area contributed by atoms with Gasteiger partial charge in [-0.2, -0.15) is 0 Å². The number of rotatable bonds is 3. The Morgan fingerprint density at radius 3 is 2.41 bits per heavy atom. The molecule has 2 aromatic carbocycles. The van der Waals surface area contributed by atoms with E-state index in [2.05, 4.69) is 65.3 Å². The average molecular weight is 290 g/mol. The molecule has 2 aromatic rings. The third-order valence-corrected chi connectivity index (χ3v) is 3.42. The van der Waals surface area contributed by atoms with Crippen LogP contribution in [0.5, 0.6) is 0 Å². The summed E-state index contributed by atoms with van der Waals surface area (Å²) in [5, 5.41) is 0. The minimum atomic E-state index is 0.697. The lowest BCUT2D eigenvalue weighted by Crippen LogP contribution is -2.02. The van der Waals surface area contributed by atoms with E-state index in [1.165, 1.54) is 22.3 Å². The number of nitrogens with two attached hydrogens (primary N) is 1. The SMILES string of the molecule is Cc1ccc(CCN)cc1-c1ccc(Br)cc1. The maximum atomic E-state index is 5.60. The van der Waals surface area contributed by atoms with Crippen LogP contribution in [0.2, 0.25) is 0 Å². The molecule has 2 rings (SSSR count). The van der Waals surface area contributed by atoms with Crippen LogP contribution in [0.15, 0.2) is 46.9 Å². The molecule has 2 N–H and O–H groups in total. The first-order valence-electron chi connectivity index (χ1n) is 5.76. The van der Waals surface area contributed by atoms with Crippen molar-refractivity contribution in [3.63, 3.8) is 0 Å². The van der Waals surface area contributed by atoms with Gasteiger partial charge in [0.15, 0.2) is 0 Å². The van der Waals surface area contributed by atoms with E-state index in [-0.39, 0.29) is 0 Å². The topological polar surface area (TPSA) is 26.0 Å². The van der Waals surface area contributed by atoms with Crippen molar-refractivity contribution >= 4 is 15.9 Å². The number of benzene rings is 2. The Morgan fingerprint density at radius 1 is 1.06 bits per heavy atom. The molecule has 0 atom stereocenters. The molecule has 0 fully saturated rings. The van der Waals surface area contributed by atoms with E-state index in [0.717, 1.165) is 10.9 Å². The van der Waals surface area contributed by atoms with Crippen molar-refractivity contribution in [3.8, 4) is 11.1 Å². The molecule has 0 radical (unpaired) electrons. The Balaban J connectivity index is 2.42. The van der Waals surface area contributed by atoms with Crippen molar-refractivity contribution in [2.75, 3.05) is 6.54 Å². The molecule has 88 valence electrons. The quantitative estimate of drug-likeness (QED) is 0.910. The summed E-state index contributed by atoms with van der Waals surface area (Å²) in [5.41, 5.74) is 10.8. The molecule has 0 bridgehead atoms. The minimum Gasteiger partial charge on any atom is -0.330 e. The summed E-state index contributed by atoms with van der Waals surface area (Å²) in [5.74, 6) is 0. The van der Waals surface area contributed by atoms with E-state index >= 15 is 0 Å². The van der Waals surface area contributed by atoms with Crippen molar-refractivity contribution in [1.82, 2.24) is 0 Å². The molecule has 0 aliphatic heterocycles. The third kappa shape index (κ3) is 2.96. The first-order valence-corrected chi connectivity index (χ1v) is 6.55. The van der Waals surface area contributed by atoms with Gasteiger partial charge in [-0.3, -0.25) is 0 Å². The number of aryl methyl sites for hydroxylation is 1. The Hall–Kier alpha value is -1.12. The van der Waals surface area contributed by atoms with Crippen molar-refractivity contribution in [1.29, 1.82) is 0 Å². The van der Waals surface area contributed by atoms with Gasteiger partial charge in [0.05, 0.1) is 0 Å². The molecular formula is C15H16BrN. The highest BCUT2D eigenvalue weighted by molar-refractivity contribution is 9.10. The molecule has 0 amide bonds. The van der Waals surface area contributed by atoms with Crippen LogP contribution in [0.25, 0.3) is 11.1 Å². The van der Waals surface area contributed by atoms with E-state index in [1.807, 2.05) is 0 Å². The first-order chi connectivity index (χ1) is 8.20. The standard InChI is InChI=1S/C15H16BrN/c1-11-2-3-12(8-9-17)10-15(11)13-4-6-14(16)7-5-13/h2-7,10H,8-9,17H2,1H3. The third-order valence-electron chi connectivity index (χ3n) is 2.89. The molecule has 0 spiro atoms. The first kappa shape index (κ1) is 12.3. The number of hydrogen-bond acceptors (Lipinski definition) is 1. The fraction of sp³-hybridized carbons (Fsp3) is 0.200. The zero-order valence-electron chi connectivity index (χ0n) is 9.91. The Labute approximate surface area is 111 Å². The fourth-order valence-electron chi connectivity index (χ4n) is 1.93. The van der Waals surface area contributed by atoms with Crippen LogP contribution in [0.4, 0.5) is 0 Å². The highest BCUT2D eigenvalue weighted by Crippen LogP contribution is 2.26. The predicted octanol–water partition coefficient (Wildman–Crippen LogP) is 3.93. The Kier molecular flexibility index (Phi) is 3.97. The fourth-order valence-corrected chi connectivity index (χ4v) is 2.20. The Morgan fingerprint density at radius 2 is 1.76 bits per heavy atom. The predicted molar refractivity (Wildman–Crippen MR) is 77.1 cm³/mol. The van der Waals surface area contributed by atoms with Crippen molar-refractivity contribution < 1.29 is 0 Å². The zero-order valence-corrected chi connectivity index (χ0v) is 11.5. The summed E-state index contributed by atoms with van der Waals surface area (Å²) in [6.45, 7) is 2.84. The average Bonchev–Trinajstić information content (AvgIpc) is 2.33. The summed E-state index contributed by atoms with van der Waals surface area (Å²) in [6, 6.07) is 15.0. The molecule has 1 nitrogen and oxygen atoms in total. The smallest absolute Gasteiger partial charge is 0.0175 e. The van der Waals surface area contributed by atoms with E-state index in [9.17, 15) is 0 Å². The Bertz CT molecular complexity index is 503. The van der Waals surface area contributed by atoms with Gasteiger partial charge in [-0.1, -0.05) is 46.3 Å². The zero-order chi connectivity index (χ0) is 12.3. The second-order valence-corrected chi connectivity index (χ2v) is 5.11. The lowest BCUT2D eigenvalue weighted by molar-refractivity contribution is 0.968. The second kappa shape index (κ2) is 5.48. The maximum Gasteiger partial charge on any atom is 0.0175 e. The lowest BCUT2D eigenvalue weighted by atomic mass is 9.97. The second-order valence-electron chi connectivity index (χ2n) is 4.19. The highest BCUT2D eigenvalue weighted by atomic mass is 79.9. The molecule has 0 saturated heterocycles. The molecule has 0 aromatic heterocycles. The maximum absolute atomic E-state index is 5.60. The molecule has 0 heterocycles. The molecule has 0 aliphatic carbocycles. The van der Waals surface area contributed by atoms with Crippen LogP contribution in [0.3, 0.4) is 0 Å². The molecular weight excluding hydrogens is 274 g/mol. The minimum absolute atomic E-state index is 0.697.